The van der Waals surface area contributed by atoms with Gasteiger partial charge in [0, 0.05) is 18.6 Å². The lowest BCUT2D eigenvalue weighted by Crippen LogP contribution is -2.16. The van der Waals surface area contributed by atoms with Crippen LogP contribution in [0.5, 0.6) is 11.5 Å². The molecule has 8 nitrogen and oxygen atoms in total. The molecule has 1 aromatic heterocycles. The number of hydrogen-bond acceptors (Lipinski definition) is 5. The number of ether oxygens (including phenoxy) is 1. The normalized spacial score (nSPS) is 11.9. The number of carbonyl (C=O) groups is 1. The van der Waals surface area contributed by atoms with Crippen molar-refractivity contribution in [1.29, 1.82) is 0 Å². The molecule has 2 aromatic carbocycles. The minimum absolute atomic E-state index is 0.106. The van der Waals surface area contributed by atoms with Crippen LogP contribution >= 0.6 is 15.9 Å². The fourth-order valence-electron chi connectivity index (χ4n) is 3.05. The molecule has 1 heterocycles. The zero-order valence-electron chi connectivity index (χ0n) is 18.1. The molecule has 1 N–H and O–H groups in total. The lowest BCUT2D eigenvalue weighted by molar-refractivity contribution is -0.384. The molecule has 0 fully saturated rings. The van der Waals surface area contributed by atoms with Gasteiger partial charge in [-0.3, -0.25) is 19.6 Å². The molecule has 0 bridgehead atoms. The SMILES string of the molecule is Cc1c(Br)c(C(F)(F)F)nn1CCC(=O)Nc1cc(Oc2cccc(C(F)(F)F)c2)cc([N+](=O)[O-])c1. The molecule has 0 spiro atoms. The van der Waals surface area contributed by atoms with Crippen LogP contribution in [0.2, 0.25) is 0 Å². The smallest absolute Gasteiger partial charge is 0.436 e. The van der Waals surface area contributed by atoms with Crippen LogP contribution in [0.15, 0.2) is 46.9 Å². The number of nitro benzene ring substituents is 1. The summed E-state index contributed by atoms with van der Waals surface area (Å²) in [5, 5.41) is 17.1. The summed E-state index contributed by atoms with van der Waals surface area (Å²) < 4.78 is 83.8. The van der Waals surface area contributed by atoms with Gasteiger partial charge in [0.2, 0.25) is 5.91 Å². The Kier molecular flexibility index (Phi) is 7.62. The van der Waals surface area contributed by atoms with Gasteiger partial charge in [0.1, 0.15) is 11.5 Å². The first-order valence-electron chi connectivity index (χ1n) is 9.89. The van der Waals surface area contributed by atoms with Gasteiger partial charge < -0.3 is 10.1 Å². The third-order valence-electron chi connectivity index (χ3n) is 4.74. The molecule has 0 saturated carbocycles. The molecule has 3 rings (SSSR count). The predicted octanol–water partition coefficient (Wildman–Crippen LogP) is 6.72. The maximum absolute atomic E-state index is 13.0. The number of nitro groups is 1. The zero-order chi connectivity index (χ0) is 26.8. The first-order valence-corrected chi connectivity index (χ1v) is 10.7. The van der Waals surface area contributed by atoms with Crippen molar-refractivity contribution >= 4 is 33.2 Å². The van der Waals surface area contributed by atoms with Gasteiger partial charge in [-0.15, -0.1) is 0 Å². The molecule has 0 radical (unpaired) electrons. The second-order valence-corrected chi connectivity index (χ2v) is 8.16. The highest BCUT2D eigenvalue weighted by Gasteiger charge is 2.38. The quantitative estimate of drug-likeness (QED) is 0.190. The van der Waals surface area contributed by atoms with Crippen molar-refractivity contribution < 1.29 is 40.8 Å². The second-order valence-electron chi connectivity index (χ2n) is 7.37. The zero-order valence-corrected chi connectivity index (χ0v) is 19.7. The third kappa shape index (κ3) is 6.53. The molecule has 1 amide bonds. The van der Waals surface area contributed by atoms with E-state index in [2.05, 4.69) is 26.3 Å². The Hall–Kier alpha value is -3.62. The summed E-state index contributed by atoms with van der Waals surface area (Å²) in [5.74, 6) is -1.18. The van der Waals surface area contributed by atoms with Crippen molar-refractivity contribution in [2.24, 2.45) is 0 Å². The topological polar surface area (TPSA) is 99.3 Å². The Bertz CT molecular complexity index is 1310. The van der Waals surface area contributed by atoms with Crippen LogP contribution in [-0.2, 0) is 23.7 Å². The minimum atomic E-state index is -4.70. The van der Waals surface area contributed by atoms with E-state index >= 15 is 0 Å². The van der Waals surface area contributed by atoms with Gasteiger partial charge in [0.25, 0.3) is 5.69 Å². The van der Waals surface area contributed by atoms with Crippen molar-refractivity contribution in [3.8, 4) is 11.5 Å². The van der Waals surface area contributed by atoms with Crippen LogP contribution in [0.1, 0.15) is 23.4 Å². The standard InChI is InChI=1S/C21H15BrF6N4O4/c1-11-18(22)19(21(26,27)28)30-31(11)6-5-17(33)29-13-8-14(32(34)35)10-16(9-13)36-15-4-2-3-12(7-15)20(23,24)25/h2-4,7-10H,5-6H2,1H3,(H,29,33). The number of nitrogens with zero attached hydrogens (tertiary/aromatic N) is 3. The van der Waals surface area contributed by atoms with E-state index in [1.165, 1.54) is 13.0 Å². The number of halogens is 7. The van der Waals surface area contributed by atoms with E-state index in [-0.39, 0.29) is 40.3 Å². The van der Waals surface area contributed by atoms with Crippen molar-refractivity contribution in [2.75, 3.05) is 5.32 Å². The number of nitrogens with one attached hydrogen (secondary N) is 1. The molecular formula is C21H15BrF6N4O4. The number of aromatic nitrogens is 2. The van der Waals surface area contributed by atoms with Crippen molar-refractivity contribution in [3.05, 3.63) is 74.0 Å². The highest BCUT2D eigenvalue weighted by molar-refractivity contribution is 9.10. The number of hydrogen-bond donors (Lipinski definition) is 1. The largest absolute Gasteiger partial charge is 0.457 e. The van der Waals surface area contributed by atoms with E-state index in [4.69, 9.17) is 4.74 Å². The summed E-state index contributed by atoms with van der Waals surface area (Å²) in [7, 11) is 0. The van der Waals surface area contributed by atoms with Crippen LogP contribution < -0.4 is 10.1 Å². The van der Waals surface area contributed by atoms with Crippen LogP contribution in [-0.4, -0.2) is 20.6 Å². The number of amides is 1. The number of non-ortho nitro benzene ring substituents is 1. The minimum Gasteiger partial charge on any atom is -0.457 e. The molecule has 0 unspecified atom stereocenters. The Morgan fingerprint density at radius 2 is 1.81 bits per heavy atom. The highest BCUT2D eigenvalue weighted by Crippen LogP contribution is 2.36. The van der Waals surface area contributed by atoms with Gasteiger partial charge in [-0.1, -0.05) is 6.07 Å². The maximum atomic E-state index is 13.0. The molecule has 0 saturated heterocycles. The first-order chi connectivity index (χ1) is 16.6. The van der Waals surface area contributed by atoms with Crippen molar-refractivity contribution in [2.45, 2.75) is 32.2 Å². The van der Waals surface area contributed by atoms with Gasteiger partial charge in [0.15, 0.2) is 5.69 Å². The van der Waals surface area contributed by atoms with Crippen LogP contribution in [0.25, 0.3) is 0 Å². The number of anilines is 1. The fourth-order valence-corrected chi connectivity index (χ4v) is 3.55. The Morgan fingerprint density at radius 3 is 2.39 bits per heavy atom. The summed E-state index contributed by atoms with van der Waals surface area (Å²) in [6, 6.07) is 6.95. The summed E-state index contributed by atoms with van der Waals surface area (Å²) in [6.07, 6.45) is -9.67. The summed E-state index contributed by atoms with van der Waals surface area (Å²) in [5.41, 5.74) is -2.62. The predicted molar refractivity (Wildman–Crippen MR) is 118 cm³/mol. The van der Waals surface area contributed by atoms with Gasteiger partial charge >= 0.3 is 12.4 Å². The number of carbonyl (C=O) groups excluding carboxylic acids is 1. The molecule has 0 aliphatic carbocycles. The Morgan fingerprint density at radius 1 is 1.11 bits per heavy atom. The van der Waals surface area contributed by atoms with E-state index in [9.17, 15) is 41.3 Å². The van der Waals surface area contributed by atoms with E-state index in [1.54, 1.807) is 0 Å². The molecule has 15 heteroatoms. The molecular weight excluding hydrogens is 566 g/mol. The summed E-state index contributed by atoms with van der Waals surface area (Å²) in [4.78, 5) is 22.8. The summed E-state index contributed by atoms with van der Waals surface area (Å²) in [6.45, 7) is 1.15. The first kappa shape index (κ1) is 27.0. The van der Waals surface area contributed by atoms with Crippen LogP contribution in [0, 0.1) is 17.0 Å². The third-order valence-corrected chi connectivity index (χ3v) is 5.68. The molecule has 36 heavy (non-hydrogen) atoms. The van der Waals surface area contributed by atoms with Gasteiger partial charge in [-0.25, -0.2) is 0 Å². The molecule has 192 valence electrons. The van der Waals surface area contributed by atoms with Gasteiger partial charge in [-0.2, -0.15) is 31.4 Å². The number of benzene rings is 2. The second kappa shape index (κ2) is 10.2. The molecule has 0 atom stereocenters. The molecule has 0 aliphatic rings. The number of alkyl halides is 6. The number of rotatable bonds is 7. The lowest BCUT2D eigenvalue weighted by Gasteiger charge is -2.12. The molecule has 0 aliphatic heterocycles. The van der Waals surface area contributed by atoms with Gasteiger partial charge in [0.05, 0.1) is 39.0 Å². The Balaban J connectivity index is 1.76. The average molecular weight is 581 g/mol. The van der Waals surface area contributed by atoms with Gasteiger partial charge in [-0.05, 0) is 41.1 Å². The lowest BCUT2D eigenvalue weighted by atomic mass is 10.2. The van der Waals surface area contributed by atoms with Crippen LogP contribution in [0.4, 0.5) is 37.7 Å². The Labute approximate surface area is 207 Å². The highest BCUT2D eigenvalue weighted by atomic mass is 79.9. The fraction of sp³-hybridized carbons (Fsp3) is 0.238. The monoisotopic (exact) mass is 580 g/mol. The molecule has 3 aromatic rings. The summed E-state index contributed by atoms with van der Waals surface area (Å²) >= 11 is 2.83. The van der Waals surface area contributed by atoms with E-state index < -0.39 is 40.1 Å². The van der Waals surface area contributed by atoms with E-state index in [0.29, 0.717) is 6.07 Å². The number of aryl methyl sites for hydroxylation is 1. The van der Waals surface area contributed by atoms with E-state index in [0.717, 1.165) is 35.0 Å². The maximum Gasteiger partial charge on any atom is 0.436 e. The van der Waals surface area contributed by atoms with E-state index in [1.807, 2.05) is 0 Å². The average Bonchev–Trinajstić information content (AvgIpc) is 3.06. The van der Waals surface area contributed by atoms with Crippen molar-refractivity contribution in [3.63, 3.8) is 0 Å². The van der Waals surface area contributed by atoms with Crippen molar-refractivity contribution in [1.82, 2.24) is 9.78 Å². The van der Waals surface area contributed by atoms with Crippen LogP contribution in [0.3, 0.4) is 0 Å².